The first-order valence-corrected chi connectivity index (χ1v) is 10.6. The van der Waals surface area contributed by atoms with Gasteiger partial charge in [-0.2, -0.15) is 0 Å². The average Bonchev–Trinajstić information content (AvgIpc) is 3.28. The first kappa shape index (κ1) is 20.2. The second-order valence-corrected chi connectivity index (χ2v) is 7.85. The van der Waals surface area contributed by atoms with Crippen molar-refractivity contribution in [1.82, 2.24) is 19.8 Å². The molecule has 0 atom stereocenters. The van der Waals surface area contributed by atoms with Crippen LogP contribution in [-0.2, 0) is 19.6 Å². The van der Waals surface area contributed by atoms with Crippen molar-refractivity contribution in [2.45, 2.75) is 38.9 Å². The van der Waals surface area contributed by atoms with Gasteiger partial charge in [-0.05, 0) is 54.8 Å². The molecule has 156 valence electrons. The number of piperidine rings is 1. The largest absolute Gasteiger partial charge is 0.334 e. The van der Waals surface area contributed by atoms with Crippen molar-refractivity contribution < 1.29 is 4.79 Å². The summed E-state index contributed by atoms with van der Waals surface area (Å²) in [6.07, 6.45) is 9.40. The quantitative estimate of drug-likeness (QED) is 0.620. The monoisotopic (exact) mass is 403 g/mol. The van der Waals surface area contributed by atoms with E-state index in [0.717, 1.165) is 24.3 Å². The minimum Gasteiger partial charge on any atom is -0.334 e. The zero-order valence-corrected chi connectivity index (χ0v) is 17.3. The molecular formula is C24H29N5O. The van der Waals surface area contributed by atoms with Crippen LogP contribution in [-0.4, -0.2) is 33.6 Å². The lowest BCUT2D eigenvalue weighted by Gasteiger charge is -2.27. The number of rotatable bonds is 7. The molecule has 3 aromatic rings. The van der Waals surface area contributed by atoms with Crippen LogP contribution >= 0.6 is 0 Å². The van der Waals surface area contributed by atoms with Crippen molar-refractivity contribution in [3.8, 4) is 0 Å². The molecule has 1 aromatic heterocycles. The van der Waals surface area contributed by atoms with E-state index in [1.165, 1.54) is 43.5 Å². The van der Waals surface area contributed by atoms with Crippen LogP contribution < -0.4 is 10.6 Å². The van der Waals surface area contributed by atoms with Crippen LogP contribution in [0.25, 0.3) is 0 Å². The van der Waals surface area contributed by atoms with E-state index in [1.54, 1.807) is 12.5 Å². The van der Waals surface area contributed by atoms with E-state index >= 15 is 0 Å². The number of carbonyl (C=O) groups is 1. The molecule has 1 saturated heterocycles. The number of urea groups is 1. The Morgan fingerprint density at radius 2 is 1.70 bits per heavy atom. The lowest BCUT2D eigenvalue weighted by molar-refractivity contribution is 0.220. The fourth-order valence-electron chi connectivity index (χ4n) is 3.88. The third-order valence-corrected chi connectivity index (χ3v) is 5.54. The van der Waals surface area contributed by atoms with Gasteiger partial charge in [-0.15, -0.1) is 0 Å². The standard InChI is InChI=1S/C24H29N5O/c30-24(27-23-10-8-20(9-11-23)17-29-15-12-25-19-29)26-16-21-6-2-3-7-22(21)18-28-13-4-1-5-14-28/h2-3,6-12,15,19H,1,4-5,13-14,16-18H2,(H2,26,27,30). The van der Waals surface area contributed by atoms with Crippen LogP contribution in [0.3, 0.4) is 0 Å². The highest BCUT2D eigenvalue weighted by Crippen LogP contribution is 2.16. The zero-order chi connectivity index (χ0) is 20.6. The van der Waals surface area contributed by atoms with Crippen molar-refractivity contribution in [3.05, 3.63) is 83.9 Å². The third-order valence-electron chi connectivity index (χ3n) is 5.54. The van der Waals surface area contributed by atoms with Gasteiger partial charge in [0.25, 0.3) is 0 Å². The van der Waals surface area contributed by atoms with Gasteiger partial charge in [-0.1, -0.05) is 42.8 Å². The average molecular weight is 404 g/mol. The Balaban J connectivity index is 1.28. The Labute approximate surface area is 177 Å². The molecular weight excluding hydrogens is 374 g/mol. The van der Waals surface area contributed by atoms with Gasteiger partial charge < -0.3 is 15.2 Å². The Morgan fingerprint density at radius 3 is 2.43 bits per heavy atom. The van der Waals surface area contributed by atoms with Gasteiger partial charge in [0, 0.05) is 37.7 Å². The highest BCUT2D eigenvalue weighted by molar-refractivity contribution is 5.89. The van der Waals surface area contributed by atoms with Crippen LogP contribution in [0.15, 0.2) is 67.3 Å². The molecule has 4 rings (SSSR count). The van der Waals surface area contributed by atoms with Gasteiger partial charge >= 0.3 is 6.03 Å². The fourth-order valence-corrected chi connectivity index (χ4v) is 3.88. The van der Waals surface area contributed by atoms with Crippen LogP contribution in [0.5, 0.6) is 0 Å². The molecule has 1 aliphatic rings. The molecule has 6 nitrogen and oxygen atoms in total. The topological polar surface area (TPSA) is 62.2 Å². The van der Waals surface area contributed by atoms with E-state index in [1.807, 2.05) is 41.1 Å². The van der Waals surface area contributed by atoms with Gasteiger partial charge in [-0.25, -0.2) is 9.78 Å². The lowest BCUT2D eigenvalue weighted by atomic mass is 10.0. The summed E-state index contributed by atoms with van der Waals surface area (Å²) in [4.78, 5) is 18.9. The summed E-state index contributed by atoms with van der Waals surface area (Å²) in [7, 11) is 0. The first-order chi connectivity index (χ1) is 14.8. The minimum atomic E-state index is -0.190. The SMILES string of the molecule is O=C(NCc1ccccc1CN1CCCCC1)Nc1ccc(Cn2ccnc2)cc1. The molecule has 0 spiro atoms. The van der Waals surface area contributed by atoms with Crippen LogP contribution in [0.4, 0.5) is 10.5 Å². The second-order valence-electron chi connectivity index (χ2n) is 7.85. The second kappa shape index (κ2) is 10.1. The van der Waals surface area contributed by atoms with Crippen molar-refractivity contribution in [1.29, 1.82) is 0 Å². The Morgan fingerprint density at radius 1 is 0.933 bits per heavy atom. The smallest absolute Gasteiger partial charge is 0.319 e. The molecule has 30 heavy (non-hydrogen) atoms. The maximum Gasteiger partial charge on any atom is 0.319 e. The molecule has 0 unspecified atom stereocenters. The Kier molecular flexibility index (Phi) is 6.77. The molecule has 2 heterocycles. The fraction of sp³-hybridized carbons (Fsp3) is 0.333. The summed E-state index contributed by atoms with van der Waals surface area (Å²) < 4.78 is 2.01. The minimum absolute atomic E-state index is 0.190. The number of benzene rings is 2. The first-order valence-electron chi connectivity index (χ1n) is 10.6. The predicted molar refractivity (Wildman–Crippen MR) is 119 cm³/mol. The molecule has 1 fully saturated rings. The molecule has 1 aliphatic heterocycles. The van der Waals surface area contributed by atoms with E-state index in [-0.39, 0.29) is 6.03 Å². The number of carbonyl (C=O) groups excluding carboxylic acids is 1. The molecule has 0 bridgehead atoms. The number of hydrogen-bond donors (Lipinski definition) is 2. The number of hydrogen-bond acceptors (Lipinski definition) is 3. The number of aromatic nitrogens is 2. The predicted octanol–water partition coefficient (Wildman–Crippen LogP) is 4.24. The van der Waals surface area contributed by atoms with Crippen molar-refractivity contribution >= 4 is 11.7 Å². The zero-order valence-electron chi connectivity index (χ0n) is 17.3. The van der Waals surface area contributed by atoms with E-state index in [0.29, 0.717) is 6.54 Å². The van der Waals surface area contributed by atoms with Gasteiger partial charge in [0.05, 0.1) is 6.33 Å². The summed E-state index contributed by atoms with van der Waals surface area (Å²) in [5.74, 6) is 0. The maximum absolute atomic E-state index is 12.4. The summed E-state index contributed by atoms with van der Waals surface area (Å²) in [5, 5.41) is 5.91. The van der Waals surface area contributed by atoms with Gasteiger partial charge in [0.15, 0.2) is 0 Å². The summed E-state index contributed by atoms with van der Waals surface area (Å²) in [5.41, 5.74) is 4.41. The van der Waals surface area contributed by atoms with Crippen LogP contribution in [0, 0.1) is 0 Å². The molecule has 0 saturated carbocycles. The molecule has 2 amide bonds. The summed E-state index contributed by atoms with van der Waals surface area (Å²) in [6, 6.07) is 16.1. The number of imidazole rings is 1. The van der Waals surface area contributed by atoms with Crippen LogP contribution in [0.2, 0.25) is 0 Å². The highest BCUT2D eigenvalue weighted by Gasteiger charge is 2.12. The van der Waals surface area contributed by atoms with Gasteiger partial charge in [0.2, 0.25) is 0 Å². The Bertz CT molecular complexity index is 930. The van der Waals surface area contributed by atoms with E-state index in [4.69, 9.17) is 0 Å². The number of amides is 2. The molecule has 2 aromatic carbocycles. The van der Waals surface area contributed by atoms with Gasteiger partial charge in [0.1, 0.15) is 0 Å². The van der Waals surface area contributed by atoms with Gasteiger partial charge in [-0.3, -0.25) is 4.90 Å². The third kappa shape index (κ3) is 5.70. The molecule has 6 heteroatoms. The number of anilines is 1. The van der Waals surface area contributed by atoms with Crippen LogP contribution in [0.1, 0.15) is 36.0 Å². The number of likely N-dealkylation sites (tertiary alicyclic amines) is 1. The Hall–Kier alpha value is -3.12. The molecule has 2 N–H and O–H groups in total. The maximum atomic E-state index is 12.4. The lowest BCUT2D eigenvalue weighted by Crippen LogP contribution is -2.31. The molecule has 0 radical (unpaired) electrons. The van der Waals surface area contributed by atoms with E-state index < -0.39 is 0 Å². The molecule has 0 aliphatic carbocycles. The number of nitrogens with zero attached hydrogens (tertiary/aromatic N) is 3. The van der Waals surface area contributed by atoms with E-state index in [2.05, 4.69) is 38.7 Å². The highest BCUT2D eigenvalue weighted by atomic mass is 16.2. The van der Waals surface area contributed by atoms with Crippen molar-refractivity contribution in [2.24, 2.45) is 0 Å². The summed E-state index contributed by atoms with van der Waals surface area (Å²) in [6.45, 7) is 4.57. The van der Waals surface area contributed by atoms with E-state index in [9.17, 15) is 4.79 Å². The van der Waals surface area contributed by atoms with Crippen molar-refractivity contribution in [2.75, 3.05) is 18.4 Å². The number of nitrogens with one attached hydrogen (secondary N) is 2. The van der Waals surface area contributed by atoms with Crippen molar-refractivity contribution in [3.63, 3.8) is 0 Å². The summed E-state index contributed by atoms with van der Waals surface area (Å²) >= 11 is 0. The normalized spacial score (nSPS) is 14.4.